The van der Waals surface area contributed by atoms with Crippen molar-refractivity contribution in [2.45, 2.75) is 12.8 Å². The number of amides is 1. The Bertz CT molecular complexity index is 555. The number of anilines is 2. The molecular weight excluding hydrogens is 247 g/mol. The van der Waals surface area contributed by atoms with E-state index in [4.69, 9.17) is 0 Å². The number of rotatable bonds is 5. The molecule has 0 aromatic heterocycles. The second-order valence-electron chi connectivity index (χ2n) is 4.48. The maximum Gasteiger partial charge on any atom is 0.296 e. The van der Waals surface area contributed by atoms with Gasteiger partial charge < -0.3 is 10.2 Å². The molecule has 1 aromatic carbocycles. The molecule has 0 fully saturated rings. The lowest BCUT2D eigenvalue weighted by Crippen LogP contribution is -2.19. The molecule has 0 saturated heterocycles. The van der Waals surface area contributed by atoms with Crippen molar-refractivity contribution in [1.82, 2.24) is 0 Å². The van der Waals surface area contributed by atoms with E-state index in [1.165, 1.54) is 6.07 Å². The molecule has 0 bridgehead atoms. The minimum absolute atomic E-state index is 0.103. The van der Waals surface area contributed by atoms with E-state index in [0.29, 0.717) is 17.9 Å². The van der Waals surface area contributed by atoms with Crippen LogP contribution in [0, 0.1) is 5.82 Å². The molecule has 1 amide bonds. The number of halogens is 1. The molecule has 1 aliphatic heterocycles. The normalized spacial score (nSPS) is 13.2. The van der Waals surface area contributed by atoms with Crippen LogP contribution in [0.4, 0.5) is 15.8 Å². The van der Waals surface area contributed by atoms with Gasteiger partial charge in [0.25, 0.3) is 11.7 Å². The third-order valence-electron chi connectivity index (χ3n) is 3.10. The number of ketones is 1. The van der Waals surface area contributed by atoms with Crippen LogP contribution in [0.1, 0.15) is 23.2 Å². The van der Waals surface area contributed by atoms with Crippen LogP contribution in [0.15, 0.2) is 24.8 Å². The summed E-state index contributed by atoms with van der Waals surface area (Å²) in [5.41, 5.74) is 0.852. The van der Waals surface area contributed by atoms with E-state index in [1.54, 1.807) is 11.9 Å². The van der Waals surface area contributed by atoms with E-state index >= 15 is 0 Å². The van der Waals surface area contributed by atoms with Gasteiger partial charge in [-0.05, 0) is 25.0 Å². The predicted octanol–water partition coefficient (Wildman–Crippen LogP) is 2.36. The van der Waals surface area contributed by atoms with E-state index in [0.717, 1.165) is 18.9 Å². The Hall–Kier alpha value is -2.17. The first-order chi connectivity index (χ1) is 9.04. The standard InChI is InChI=1S/C14H15FN2O2/c1-3-4-5-6-17(2)12-8-11-9(7-10(12)15)13(18)14(19)16-11/h3,7-8H,1,4-6H2,2H3,(H,16,18,19). The molecule has 0 saturated carbocycles. The lowest BCUT2D eigenvalue weighted by molar-refractivity contribution is -0.112. The van der Waals surface area contributed by atoms with Gasteiger partial charge in [0.1, 0.15) is 5.82 Å². The van der Waals surface area contributed by atoms with Crippen LogP contribution >= 0.6 is 0 Å². The van der Waals surface area contributed by atoms with Gasteiger partial charge in [0, 0.05) is 13.6 Å². The first kappa shape index (κ1) is 13.3. The van der Waals surface area contributed by atoms with Crippen molar-refractivity contribution in [3.05, 3.63) is 36.2 Å². The van der Waals surface area contributed by atoms with E-state index in [1.807, 2.05) is 6.08 Å². The van der Waals surface area contributed by atoms with E-state index in [9.17, 15) is 14.0 Å². The Morgan fingerprint density at radius 2 is 2.16 bits per heavy atom. The third-order valence-corrected chi connectivity index (χ3v) is 3.10. The van der Waals surface area contributed by atoms with Crippen LogP contribution in [0.2, 0.25) is 0 Å². The average Bonchev–Trinajstić information content (AvgIpc) is 2.65. The Balaban J connectivity index is 2.24. The summed E-state index contributed by atoms with van der Waals surface area (Å²) < 4.78 is 14.0. The molecule has 0 spiro atoms. The van der Waals surface area contributed by atoms with Crippen molar-refractivity contribution >= 4 is 23.1 Å². The molecule has 1 N–H and O–H groups in total. The quantitative estimate of drug-likeness (QED) is 0.503. The summed E-state index contributed by atoms with van der Waals surface area (Å²) >= 11 is 0. The number of nitrogens with one attached hydrogen (secondary N) is 1. The topological polar surface area (TPSA) is 49.4 Å². The highest BCUT2D eigenvalue weighted by Crippen LogP contribution is 2.30. The number of carbonyl (C=O) groups excluding carboxylic acids is 2. The maximum atomic E-state index is 14.0. The lowest BCUT2D eigenvalue weighted by Gasteiger charge is -2.20. The first-order valence-corrected chi connectivity index (χ1v) is 6.06. The summed E-state index contributed by atoms with van der Waals surface area (Å²) in [6, 6.07) is 2.62. The molecule has 1 heterocycles. The Labute approximate surface area is 110 Å². The Morgan fingerprint density at radius 1 is 1.42 bits per heavy atom. The van der Waals surface area contributed by atoms with Crippen LogP contribution in [-0.2, 0) is 4.79 Å². The van der Waals surface area contributed by atoms with Gasteiger partial charge in [-0.15, -0.1) is 6.58 Å². The van der Waals surface area contributed by atoms with Crippen molar-refractivity contribution in [3.8, 4) is 0 Å². The highest BCUT2D eigenvalue weighted by Gasteiger charge is 2.29. The van der Waals surface area contributed by atoms with Crippen LogP contribution in [0.3, 0.4) is 0 Å². The number of fused-ring (bicyclic) bond motifs is 1. The van der Waals surface area contributed by atoms with Gasteiger partial charge in [0.2, 0.25) is 0 Å². The summed E-state index contributed by atoms with van der Waals surface area (Å²) in [6.45, 7) is 4.30. The molecular formula is C14H15FN2O2. The zero-order valence-corrected chi connectivity index (χ0v) is 10.7. The van der Waals surface area contributed by atoms with Crippen LogP contribution < -0.4 is 10.2 Å². The van der Waals surface area contributed by atoms with Crippen molar-refractivity contribution in [2.24, 2.45) is 0 Å². The molecule has 1 aromatic rings. The average molecular weight is 262 g/mol. The Kier molecular flexibility index (Phi) is 3.64. The second kappa shape index (κ2) is 5.22. The summed E-state index contributed by atoms with van der Waals surface area (Å²) in [7, 11) is 1.77. The number of benzene rings is 1. The third kappa shape index (κ3) is 2.50. The molecule has 100 valence electrons. The molecule has 0 unspecified atom stereocenters. The summed E-state index contributed by atoms with van der Waals surface area (Å²) in [5.74, 6) is -1.89. The van der Waals surface area contributed by atoms with Crippen LogP contribution in [-0.4, -0.2) is 25.3 Å². The smallest absolute Gasteiger partial charge is 0.296 e. The second-order valence-corrected chi connectivity index (χ2v) is 4.48. The van der Waals surface area contributed by atoms with E-state index < -0.39 is 17.5 Å². The van der Waals surface area contributed by atoms with Crippen LogP contribution in [0.5, 0.6) is 0 Å². The molecule has 1 aliphatic rings. The van der Waals surface area contributed by atoms with E-state index in [2.05, 4.69) is 11.9 Å². The fourth-order valence-electron chi connectivity index (χ4n) is 2.04. The number of Topliss-reactive ketones (excluding diaryl/α,β-unsaturated/α-hetero) is 1. The first-order valence-electron chi connectivity index (χ1n) is 6.06. The molecule has 0 radical (unpaired) electrons. The van der Waals surface area contributed by atoms with Crippen molar-refractivity contribution < 1.29 is 14.0 Å². The summed E-state index contributed by atoms with van der Waals surface area (Å²) in [5, 5.41) is 2.44. The van der Waals surface area contributed by atoms with Gasteiger partial charge in [0.05, 0.1) is 16.9 Å². The summed E-state index contributed by atoms with van der Waals surface area (Å²) in [6.07, 6.45) is 3.53. The molecule has 4 nitrogen and oxygen atoms in total. The fraction of sp³-hybridized carbons (Fsp3) is 0.286. The molecule has 19 heavy (non-hydrogen) atoms. The molecule has 2 rings (SSSR count). The highest BCUT2D eigenvalue weighted by molar-refractivity contribution is 6.51. The monoisotopic (exact) mass is 262 g/mol. The predicted molar refractivity (Wildman–Crippen MR) is 72.1 cm³/mol. The van der Waals surface area contributed by atoms with Crippen molar-refractivity contribution in [1.29, 1.82) is 0 Å². The van der Waals surface area contributed by atoms with Crippen molar-refractivity contribution in [3.63, 3.8) is 0 Å². The van der Waals surface area contributed by atoms with Gasteiger partial charge in [-0.2, -0.15) is 0 Å². The zero-order valence-electron chi connectivity index (χ0n) is 10.7. The summed E-state index contributed by atoms with van der Waals surface area (Å²) in [4.78, 5) is 24.4. The van der Waals surface area contributed by atoms with Crippen LogP contribution in [0.25, 0.3) is 0 Å². The molecule has 5 heteroatoms. The number of nitrogens with zero attached hydrogens (tertiary/aromatic N) is 1. The Morgan fingerprint density at radius 3 is 2.84 bits per heavy atom. The number of hydrogen-bond donors (Lipinski definition) is 1. The van der Waals surface area contributed by atoms with E-state index in [-0.39, 0.29) is 5.56 Å². The highest BCUT2D eigenvalue weighted by atomic mass is 19.1. The number of hydrogen-bond acceptors (Lipinski definition) is 3. The number of carbonyl (C=O) groups is 2. The van der Waals surface area contributed by atoms with Gasteiger partial charge in [-0.3, -0.25) is 9.59 Å². The van der Waals surface area contributed by atoms with Gasteiger partial charge in [-0.25, -0.2) is 4.39 Å². The van der Waals surface area contributed by atoms with Gasteiger partial charge in [0.15, 0.2) is 0 Å². The minimum Gasteiger partial charge on any atom is -0.372 e. The molecule has 0 atom stereocenters. The fourth-order valence-corrected chi connectivity index (χ4v) is 2.04. The molecule has 0 aliphatic carbocycles. The lowest BCUT2D eigenvalue weighted by atomic mass is 10.1. The SMILES string of the molecule is C=CCCCN(C)c1cc2c(cc1F)C(=O)C(=O)N2. The van der Waals surface area contributed by atoms with Crippen molar-refractivity contribution in [2.75, 3.05) is 23.8 Å². The maximum absolute atomic E-state index is 14.0. The minimum atomic E-state index is -0.708. The van der Waals surface area contributed by atoms with Gasteiger partial charge in [-0.1, -0.05) is 6.08 Å². The number of unbranched alkanes of at least 4 members (excludes halogenated alkanes) is 1. The number of allylic oxidation sites excluding steroid dienone is 1. The van der Waals surface area contributed by atoms with Gasteiger partial charge >= 0.3 is 0 Å². The largest absolute Gasteiger partial charge is 0.372 e. The zero-order chi connectivity index (χ0) is 14.0.